The van der Waals surface area contributed by atoms with Crippen molar-refractivity contribution in [2.45, 2.75) is 13.3 Å². The van der Waals surface area contributed by atoms with Crippen molar-refractivity contribution in [2.24, 2.45) is 10.7 Å². The molecule has 1 fully saturated rings. The van der Waals surface area contributed by atoms with Crippen molar-refractivity contribution in [1.29, 1.82) is 0 Å². The Morgan fingerprint density at radius 3 is 2.46 bits per heavy atom. The molecule has 134 valence electrons. The van der Waals surface area contributed by atoms with Crippen molar-refractivity contribution >= 4 is 53.1 Å². The van der Waals surface area contributed by atoms with Crippen LogP contribution in [0.5, 0.6) is 0 Å². The summed E-state index contributed by atoms with van der Waals surface area (Å²) in [6.07, 6.45) is 0.914. The van der Waals surface area contributed by atoms with E-state index in [1.165, 1.54) is 0 Å². The highest BCUT2D eigenvalue weighted by Crippen LogP contribution is 2.19. The zero-order chi connectivity index (χ0) is 16.7. The number of hydrogen-bond acceptors (Lipinski definition) is 3. The van der Waals surface area contributed by atoms with E-state index in [2.05, 4.69) is 15.2 Å². The van der Waals surface area contributed by atoms with Crippen LogP contribution in [-0.4, -0.2) is 56.0 Å². The number of carbonyl (C=O) groups is 1. The van der Waals surface area contributed by atoms with Gasteiger partial charge in [0.15, 0.2) is 5.96 Å². The normalized spacial score (nSPS) is 15.0. The third kappa shape index (κ3) is 6.35. The molecule has 24 heavy (non-hydrogen) atoms. The minimum absolute atomic E-state index is 0. The molecule has 1 aliphatic heterocycles. The fourth-order valence-electron chi connectivity index (χ4n) is 2.42. The van der Waals surface area contributed by atoms with Crippen LogP contribution in [0.2, 0.25) is 5.02 Å². The number of aliphatic imine (C=N–C) groups is 1. The quantitative estimate of drug-likeness (QED) is 0.396. The van der Waals surface area contributed by atoms with Gasteiger partial charge in [0, 0.05) is 43.4 Å². The molecule has 0 spiro atoms. The summed E-state index contributed by atoms with van der Waals surface area (Å²) < 4.78 is 0. The number of nitrogens with two attached hydrogens (primary N) is 1. The molecular formula is C16H25ClIN5O. The molecule has 1 aliphatic rings. The molecule has 1 amide bonds. The average molecular weight is 466 g/mol. The van der Waals surface area contributed by atoms with Crippen molar-refractivity contribution in [1.82, 2.24) is 10.2 Å². The van der Waals surface area contributed by atoms with Crippen LogP contribution in [0.3, 0.4) is 0 Å². The second-order valence-electron chi connectivity index (χ2n) is 5.47. The number of nitrogens with one attached hydrogen (secondary N) is 1. The van der Waals surface area contributed by atoms with Crippen molar-refractivity contribution in [3.63, 3.8) is 0 Å². The molecule has 1 saturated heterocycles. The Hall–Kier alpha value is -1.22. The number of anilines is 1. The first-order chi connectivity index (χ1) is 11.1. The van der Waals surface area contributed by atoms with Gasteiger partial charge in [0.25, 0.3) is 0 Å². The lowest BCUT2D eigenvalue weighted by Gasteiger charge is -2.36. The second-order valence-corrected chi connectivity index (χ2v) is 5.91. The molecule has 2 rings (SSSR count). The number of benzene rings is 1. The fraction of sp³-hybridized carbons (Fsp3) is 0.500. The van der Waals surface area contributed by atoms with Gasteiger partial charge in [-0.2, -0.15) is 0 Å². The highest BCUT2D eigenvalue weighted by Gasteiger charge is 2.18. The van der Waals surface area contributed by atoms with Crippen LogP contribution in [0.1, 0.15) is 13.3 Å². The largest absolute Gasteiger partial charge is 0.370 e. The summed E-state index contributed by atoms with van der Waals surface area (Å²) in [6.45, 7) is 6.07. The first-order valence-electron chi connectivity index (χ1n) is 7.92. The molecule has 0 aliphatic carbocycles. The predicted octanol–water partition coefficient (Wildman–Crippen LogP) is 1.92. The summed E-state index contributed by atoms with van der Waals surface area (Å²) in [5, 5.41) is 3.53. The fourth-order valence-corrected chi connectivity index (χ4v) is 2.54. The maximum absolute atomic E-state index is 11.5. The van der Waals surface area contributed by atoms with E-state index in [4.69, 9.17) is 17.3 Å². The van der Waals surface area contributed by atoms with Crippen LogP contribution in [0.4, 0.5) is 5.69 Å². The van der Waals surface area contributed by atoms with Crippen LogP contribution >= 0.6 is 35.6 Å². The minimum atomic E-state index is -0.0883. The number of piperazine rings is 1. The van der Waals surface area contributed by atoms with Crippen LogP contribution < -0.4 is 16.0 Å². The van der Waals surface area contributed by atoms with Crippen LogP contribution in [-0.2, 0) is 4.79 Å². The molecule has 0 saturated carbocycles. The lowest BCUT2D eigenvalue weighted by atomic mass is 10.2. The molecule has 1 aromatic rings. The Balaban J connectivity index is 0.00000288. The molecule has 3 N–H and O–H groups in total. The van der Waals surface area contributed by atoms with Gasteiger partial charge in [0.05, 0.1) is 0 Å². The Bertz CT molecular complexity index is 544. The highest BCUT2D eigenvalue weighted by atomic mass is 127. The Labute approximate surface area is 165 Å². The van der Waals surface area contributed by atoms with Crippen molar-refractivity contribution in [2.75, 3.05) is 44.2 Å². The van der Waals surface area contributed by atoms with E-state index >= 15 is 0 Å². The number of hydrogen-bond donors (Lipinski definition) is 2. The standard InChI is InChI=1S/C16H24ClN5O.HI/c1-2-7-19-15(23)12-20-16(18)22-10-8-21(9-11-22)14-5-3-13(17)4-6-14;/h3-6H,2,7-12H2,1H3,(H2,18,20)(H,19,23);1H. The lowest BCUT2D eigenvalue weighted by molar-refractivity contribution is -0.119. The molecule has 0 atom stereocenters. The van der Waals surface area contributed by atoms with Gasteiger partial charge >= 0.3 is 0 Å². The van der Waals surface area contributed by atoms with Gasteiger partial charge in [-0.3, -0.25) is 4.79 Å². The average Bonchev–Trinajstić information content (AvgIpc) is 2.58. The monoisotopic (exact) mass is 465 g/mol. The number of halogens is 2. The van der Waals surface area contributed by atoms with Gasteiger partial charge < -0.3 is 20.9 Å². The molecule has 0 radical (unpaired) electrons. The first-order valence-corrected chi connectivity index (χ1v) is 8.30. The van der Waals surface area contributed by atoms with Gasteiger partial charge in [-0.05, 0) is 30.7 Å². The molecule has 1 aromatic carbocycles. The predicted molar refractivity (Wildman–Crippen MR) is 110 cm³/mol. The highest BCUT2D eigenvalue weighted by molar-refractivity contribution is 14.0. The van der Waals surface area contributed by atoms with E-state index in [1.54, 1.807) is 0 Å². The minimum Gasteiger partial charge on any atom is -0.370 e. The SMILES string of the molecule is CCCNC(=O)CN=C(N)N1CCN(c2ccc(Cl)cc2)CC1.I. The first kappa shape index (κ1) is 20.8. The third-order valence-corrected chi connectivity index (χ3v) is 4.00. The summed E-state index contributed by atoms with van der Waals surface area (Å²) in [4.78, 5) is 20.0. The zero-order valence-corrected chi connectivity index (χ0v) is 17.0. The van der Waals surface area contributed by atoms with E-state index in [0.717, 1.165) is 43.3 Å². The van der Waals surface area contributed by atoms with E-state index in [9.17, 15) is 4.79 Å². The van der Waals surface area contributed by atoms with Crippen molar-refractivity contribution in [3.05, 3.63) is 29.3 Å². The van der Waals surface area contributed by atoms with Crippen LogP contribution in [0.25, 0.3) is 0 Å². The van der Waals surface area contributed by atoms with Crippen LogP contribution in [0, 0.1) is 0 Å². The molecular weight excluding hydrogens is 441 g/mol. The number of rotatable bonds is 5. The summed E-state index contributed by atoms with van der Waals surface area (Å²) in [5.41, 5.74) is 7.15. The van der Waals surface area contributed by atoms with Crippen molar-refractivity contribution in [3.8, 4) is 0 Å². The van der Waals surface area contributed by atoms with E-state index < -0.39 is 0 Å². The third-order valence-electron chi connectivity index (χ3n) is 3.75. The molecule has 0 bridgehead atoms. The summed E-state index contributed by atoms with van der Waals surface area (Å²) >= 11 is 5.92. The zero-order valence-electron chi connectivity index (χ0n) is 13.9. The van der Waals surface area contributed by atoms with Gasteiger partial charge in [0.1, 0.15) is 6.54 Å². The number of nitrogens with zero attached hydrogens (tertiary/aromatic N) is 3. The Morgan fingerprint density at radius 2 is 1.88 bits per heavy atom. The molecule has 1 heterocycles. The van der Waals surface area contributed by atoms with Gasteiger partial charge in [-0.15, -0.1) is 24.0 Å². The maximum atomic E-state index is 11.5. The smallest absolute Gasteiger partial charge is 0.241 e. The molecule has 0 unspecified atom stereocenters. The number of amides is 1. The second kappa shape index (κ2) is 10.6. The van der Waals surface area contributed by atoms with Gasteiger partial charge in [-0.1, -0.05) is 18.5 Å². The van der Waals surface area contributed by atoms with E-state index in [1.807, 2.05) is 36.1 Å². The summed E-state index contributed by atoms with van der Waals surface area (Å²) in [6, 6.07) is 7.84. The number of guanidine groups is 1. The molecule has 8 heteroatoms. The lowest BCUT2D eigenvalue weighted by Crippen LogP contribution is -2.51. The van der Waals surface area contributed by atoms with E-state index in [0.29, 0.717) is 12.5 Å². The van der Waals surface area contributed by atoms with Crippen LogP contribution in [0.15, 0.2) is 29.3 Å². The summed E-state index contributed by atoms with van der Waals surface area (Å²) in [7, 11) is 0. The van der Waals surface area contributed by atoms with Gasteiger partial charge in [-0.25, -0.2) is 4.99 Å². The Kier molecular flexibility index (Phi) is 9.20. The van der Waals surface area contributed by atoms with E-state index in [-0.39, 0.29) is 36.4 Å². The Morgan fingerprint density at radius 1 is 1.25 bits per heavy atom. The topological polar surface area (TPSA) is 74.0 Å². The molecule has 0 aromatic heterocycles. The number of carbonyl (C=O) groups excluding carboxylic acids is 1. The summed E-state index contributed by atoms with van der Waals surface area (Å²) in [5.74, 6) is 0.349. The van der Waals surface area contributed by atoms with Crippen molar-refractivity contribution < 1.29 is 4.79 Å². The maximum Gasteiger partial charge on any atom is 0.241 e. The van der Waals surface area contributed by atoms with Gasteiger partial charge in [0.2, 0.25) is 5.91 Å². The molecule has 6 nitrogen and oxygen atoms in total.